The lowest BCUT2D eigenvalue weighted by atomic mass is 10.0. The second-order valence-corrected chi connectivity index (χ2v) is 8.29. The lowest BCUT2D eigenvalue weighted by Gasteiger charge is -2.05. The molecule has 3 nitrogen and oxygen atoms in total. The molecule has 5 aromatic rings. The van der Waals surface area contributed by atoms with Gasteiger partial charge in [0, 0.05) is 28.2 Å². The van der Waals surface area contributed by atoms with Gasteiger partial charge in [0.2, 0.25) is 5.89 Å². The highest BCUT2D eigenvalue weighted by atomic mass is 35.5. The number of hydrogen-bond acceptors (Lipinski definition) is 2. The van der Waals surface area contributed by atoms with Gasteiger partial charge in [0.1, 0.15) is 6.26 Å². The Morgan fingerprint density at radius 1 is 0.882 bits per heavy atom. The lowest BCUT2D eigenvalue weighted by molar-refractivity contribution is -0.137. The fraction of sp³-hybridized carbons (Fsp3) is 0.0741. The molecular formula is C27H18ClF3N2O. The molecule has 0 saturated carbocycles. The minimum atomic E-state index is -4.35. The van der Waals surface area contributed by atoms with Crippen molar-refractivity contribution < 1.29 is 17.6 Å². The number of oxazole rings is 1. The highest BCUT2D eigenvalue weighted by Crippen LogP contribution is 2.29. The van der Waals surface area contributed by atoms with Crippen LogP contribution < -0.4 is 0 Å². The molecule has 2 heterocycles. The van der Waals surface area contributed by atoms with Crippen LogP contribution in [0.15, 0.2) is 89.7 Å². The summed E-state index contributed by atoms with van der Waals surface area (Å²) in [5.74, 6) is 0.386. The van der Waals surface area contributed by atoms with Crippen molar-refractivity contribution in [2.75, 3.05) is 0 Å². The van der Waals surface area contributed by atoms with E-state index in [0.29, 0.717) is 23.0 Å². The van der Waals surface area contributed by atoms with Gasteiger partial charge >= 0.3 is 6.18 Å². The zero-order chi connectivity index (χ0) is 23.7. The van der Waals surface area contributed by atoms with Crippen molar-refractivity contribution in [3.63, 3.8) is 0 Å². The van der Waals surface area contributed by atoms with Crippen LogP contribution in [0.25, 0.3) is 34.2 Å². The Bertz CT molecular complexity index is 1460. The van der Waals surface area contributed by atoms with Gasteiger partial charge in [-0.1, -0.05) is 41.9 Å². The molecule has 3 aromatic carbocycles. The first-order chi connectivity index (χ1) is 16.3. The number of alkyl halides is 3. The van der Waals surface area contributed by atoms with Gasteiger partial charge in [-0.25, -0.2) is 4.98 Å². The van der Waals surface area contributed by atoms with Crippen molar-refractivity contribution in [2.45, 2.75) is 12.7 Å². The topological polar surface area (TPSA) is 31.0 Å². The van der Waals surface area contributed by atoms with Crippen LogP contribution in [0.3, 0.4) is 0 Å². The quantitative estimate of drug-likeness (QED) is 0.255. The summed E-state index contributed by atoms with van der Waals surface area (Å²) in [6.45, 7) is 0.529. The molecule has 0 aliphatic carbocycles. The number of aromatic nitrogens is 2. The fourth-order valence-corrected chi connectivity index (χ4v) is 3.88. The molecule has 0 saturated heterocycles. The van der Waals surface area contributed by atoms with Crippen molar-refractivity contribution in [3.05, 3.63) is 113 Å². The lowest BCUT2D eigenvalue weighted by Crippen LogP contribution is -2.03. The molecule has 0 atom stereocenters. The van der Waals surface area contributed by atoms with Gasteiger partial charge in [-0.3, -0.25) is 0 Å². The number of nitrogens with zero attached hydrogens (tertiary/aromatic N) is 2. The minimum Gasteiger partial charge on any atom is -0.445 e. The first-order valence-electron chi connectivity index (χ1n) is 10.5. The van der Waals surface area contributed by atoms with E-state index in [1.807, 2.05) is 30.5 Å². The molecule has 0 amide bonds. The summed E-state index contributed by atoms with van der Waals surface area (Å²) in [5, 5.41) is 1.82. The summed E-state index contributed by atoms with van der Waals surface area (Å²) in [6.07, 6.45) is 2.54. The number of rotatable bonds is 5. The summed E-state index contributed by atoms with van der Waals surface area (Å²) in [6, 6.07) is 21.0. The van der Waals surface area contributed by atoms with Crippen LogP contribution in [-0.2, 0) is 12.7 Å². The highest BCUT2D eigenvalue weighted by molar-refractivity contribution is 6.30. The third-order valence-corrected chi connectivity index (χ3v) is 5.76. The normalized spacial score (nSPS) is 12.1. The van der Waals surface area contributed by atoms with Crippen LogP contribution in [0, 0.1) is 0 Å². The first kappa shape index (κ1) is 22.0. The van der Waals surface area contributed by atoms with E-state index in [1.165, 1.54) is 12.1 Å². The molecule has 0 N–H and O–H groups in total. The van der Waals surface area contributed by atoms with Crippen LogP contribution in [-0.4, -0.2) is 9.55 Å². The van der Waals surface area contributed by atoms with E-state index in [9.17, 15) is 13.2 Å². The molecule has 0 radical (unpaired) electrons. The van der Waals surface area contributed by atoms with Crippen LogP contribution in [0.5, 0.6) is 0 Å². The maximum absolute atomic E-state index is 12.7. The van der Waals surface area contributed by atoms with Crippen molar-refractivity contribution in [1.29, 1.82) is 0 Å². The zero-order valence-electron chi connectivity index (χ0n) is 17.8. The molecule has 0 bridgehead atoms. The molecule has 7 heteroatoms. The first-order valence-corrected chi connectivity index (χ1v) is 10.9. The molecule has 0 fully saturated rings. The van der Waals surface area contributed by atoms with E-state index in [-0.39, 0.29) is 0 Å². The predicted octanol–water partition coefficient (Wildman–Crippen LogP) is 8.19. The van der Waals surface area contributed by atoms with E-state index in [1.54, 1.807) is 18.4 Å². The molecule has 0 aliphatic rings. The standard InChI is InChI=1S/C27H18ClF3N2O/c28-23-9-4-19(5-10-23)20-6-11-25-21(15-20)13-14-33(25)16-24-17-34-26(32-24)12-3-18-1-7-22(8-2-18)27(29,30)31/h1-15,17H,16H2/b12-3+. The van der Waals surface area contributed by atoms with Crippen LogP contribution in [0.1, 0.15) is 22.7 Å². The van der Waals surface area contributed by atoms with Gasteiger partial charge in [0.15, 0.2) is 0 Å². The van der Waals surface area contributed by atoms with Crippen LogP contribution in [0.4, 0.5) is 13.2 Å². The van der Waals surface area contributed by atoms with E-state index in [0.717, 1.165) is 39.9 Å². The van der Waals surface area contributed by atoms with Crippen molar-refractivity contribution in [3.8, 4) is 11.1 Å². The molecule has 2 aromatic heterocycles. The van der Waals surface area contributed by atoms with Crippen molar-refractivity contribution in [1.82, 2.24) is 9.55 Å². The fourth-order valence-electron chi connectivity index (χ4n) is 3.76. The van der Waals surface area contributed by atoms with Crippen LogP contribution >= 0.6 is 11.6 Å². The van der Waals surface area contributed by atoms with Gasteiger partial charge in [-0.2, -0.15) is 13.2 Å². The molecule has 0 unspecified atom stereocenters. The largest absolute Gasteiger partial charge is 0.445 e. The molecule has 170 valence electrons. The summed E-state index contributed by atoms with van der Waals surface area (Å²) in [7, 11) is 0. The predicted molar refractivity (Wildman–Crippen MR) is 128 cm³/mol. The van der Waals surface area contributed by atoms with E-state index in [2.05, 4.69) is 33.8 Å². The van der Waals surface area contributed by atoms with Crippen LogP contribution in [0.2, 0.25) is 5.02 Å². The maximum atomic E-state index is 12.7. The molecular weight excluding hydrogens is 461 g/mol. The monoisotopic (exact) mass is 478 g/mol. The maximum Gasteiger partial charge on any atom is 0.416 e. The third-order valence-electron chi connectivity index (χ3n) is 5.51. The van der Waals surface area contributed by atoms with Gasteiger partial charge < -0.3 is 8.98 Å². The minimum absolute atomic E-state index is 0.386. The second kappa shape index (κ2) is 8.88. The average molecular weight is 479 g/mol. The summed E-state index contributed by atoms with van der Waals surface area (Å²) >= 11 is 5.99. The van der Waals surface area contributed by atoms with Gasteiger partial charge in [0.25, 0.3) is 0 Å². The van der Waals surface area contributed by atoms with E-state index < -0.39 is 11.7 Å². The summed E-state index contributed by atoms with van der Waals surface area (Å²) in [4.78, 5) is 4.47. The van der Waals surface area contributed by atoms with E-state index >= 15 is 0 Å². The molecule has 5 rings (SSSR count). The Balaban J connectivity index is 1.30. The van der Waals surface area contributed by atoms with Crippen molar-refractivity contribution >= 4 is 34.7 Å². The Morgan fingerprint density at radius 3 is 2.35 bits per heavy atom. The van der Waals surface area contributed by atoms with E-state index in [4.69, 9.17) is 16.0 Å². The number of fused-ring (bicyclic) bond motifs is 1. The number of benzene rings is 3. The highest BCUT2D eigenvalue weighted by Gasteiger charge is 2.29. The summed E-state index contributed by atoms with van der Waals surface area (Å²) < 4.78 is 45.7. The Labute approximate surface area is 198 Å². The zero-order valence-corrected chi connectivity index (χ0v) is 18.5. The van der Waals surface area contributed by atoms with Gasteiger partial charge in [-0.15, -0.1) is 0 Å². The Morgan fingerprint density at radius 2 is 1.62 bits per heavy atom. The SMILES string of the molecule is FC(F)(F)c1ccc(/C=C/c2nc(Cn3ccc4cc(-c5ccc(Cl)cc5)ccc43)co2)cc1. The Kier molecular flexibility index (Phi) is 5.75. The average Bonchev–Trinajstić information content (AvgIpc) is 3.45. The molecule has 0 spiro atoms. The van der Waals surface area contributed by atoms with Gasteiger partial charge in [-0.05, 0) is 65.2 Å². The summed E-state index contributed by atoms with van der Waals surface area (Å²) in [5.41, 5.74) is 3.97. The van der Waals surface area contributed by atoms with Crippen molar-refractivity contribution in [2.24, 2.45) is 0 Å². The smallest absolute Gasteiger partial charge is 0.416 e. The Hall–Kier alpha value is -3.77. The molecule has 0 aliphatic heterocycles. The number of halogens is 4. The number of hydrogen-bond donors (Lipinski definition) is 0. The molecule has 34 heavy (non-hydrogen) atoms. The third kappa shape index (κ3) is 4.77. The van der Waals surface area contributed by atoms with Gasteiger partial charge in [0.05, 0.1) is 17.8 Å². The second-order valence-electron chi connectivity index (χ2n) is 7.85.